The molecule has 9 heteroatoms. The molecule has 1 aliphatic carbocycles. The second kappa shape index (κ2) is 10.5. The number of amides is 2. The molecule has 1 aromatic carbocycles. The SMILES string of the molecule is CNC(=O)N(CCC=O)c1nn(C)c2cc(C3CCC(N4CCC5(CCCO5)CC4)CC3)c(F)cc12. The van der Waals surface area contributed by atoms with Gasteiger partial charge in [0.2, 0.25) is 0 Å². The Bertz CT molecular complexity index is 1090. The Labute approximate surface area is 212 Å². The molecule has 36 heavy (non-hydrogen) atoms. The number of carbonyl (C=O) groups is 2. The molecule has 0 radical (unpaired) electrons. The zero-order valence-electron chi connectivity index (χ0n) is 21.5. The van der Waals surface area contributed by atoms with E-state index in [1.165, 1.54) is 30.9 Å². The Morgan fingerprint density at radius 3 is 2.64 bits per heavy atom. The number of anilines is 1. The van der Waals surface area contributed by atoms with E-state index in [0.29, 0.717) is 17.2 Å². The first-order valence-corrected chi connectivity index (χ1v) is 13.4. The number of aryl methyl sites for hydroxylation is 1. The van der Waals surface area contributed by atoms with Crippen LogP contribution in [0.5, 0.6) is 0 Å². The highest BCUT2D eigenvalue weighted by Gasteiger charge is 2.40. The number of hydrogen-bond acceptors (Lipinski definition) is 5. The van der Waals surface area contributed by atoms with Crippen LogP contribution in [0.4, 0.5) is 15.0 Å². The van der Waals surface area contributed by atoms with Gasteiger partial charge in [-0.15, -0.1) is 0 Å². The van der Waals surface area contributed by atoms with E-state index in [0.717, 1.165) is 75.6 Å². The van der Waals surface area contributed by atoms with Gasteiger partial charge in [0, 0.05) is 58.2 Å². The highest BCUT2D eigenvalue weighted by atomic mass is 19.1. The molecule has 196 valence electrons. The fraction of sp³-hybridized carbons (Fsp3) is 0.667. The lowest BCUT2D eigenvalue weighted by molar-refractivity contribution is -0.107. The molecule has 5 rings (SSSR count). The molecule has 3 heterocycles. The second-order valence-electron chi connectivity index (χ2n) is 10.7. The summed E-state index contributed by atoms with van der Waals surface area (Å²) in [6.07, 6.45) is 9.75. The number of likely N-dealkylation sites (tertiary alicyclic amines) is 1. The number of nitrogens with one attached hydrogen (secondary N) is 1. The van der Waals surface area contributed by atoms with Crippen LogP contribution >= 0.6 is 0 Å². The Hall–Kier alpha value is -2.52. The molecule has 3 fully saturated rings. The van der Waals surface area contributed by atoms with E-state index in [9.17, 15) is 9.59 Å². The van der Waals surface area contributed by atoms with Crippen molar-refractivity contribution in [3.8, 4) is 0 Å². The first kappa shape index (κ1) is 25.1. The van der Waals surface area contributed by atoms with Crippen molar-refractivity contribution >= 4 is 29.0 Å². The number of nitrogens with zero attached hydrogens (tertiary/aromatic N) is 4. The number of carbonyl (C=O) groups excluding carboxylic acids is 2. The van der Waals surface area contributed by atoms with Gasteiger partial charge in [0.25, 0.3) is 0 Å². The Morgan fingerprint density at radius 1 is 1.25 bits per heavy atom. The summed E-state index contributed by atoms with van der Waals surface area (Å²) < 4.78 is 23.3. The molecule has 2 aliphatic heterocycles. The van der Waals surface area contributed by atoms with E-state index in [1.807, 2.05) is 13.1 Å². The summed E-state index contributed by atoms with van der Waals surface area (Å²) in [5.74, 6) is 0.311. The van der Waals surface area contributed by atoms with Crippen molar-refractivity contribution in [2.75, 3.05) is 38.2 Å². The minimum absolute atomic E-state index is 0.148. The molecular weight excluding hydrogens is 461 g/mol. The summed E-state index contributed by atoms with van der Waals surface area (Å²) >= 11 is 0. The number of aldehydes is 1. The maximum atomic E-state index is 15.5. The van der Waals surface area contributed by atoms with Gasteiger partial charge in [-0.3, -0.25) is 9.58 Å². The lowest BCUT2D eigenvalue weighted by atomic mass is 9.79. The molecule has 1 spiro atoms. The molecule has 0 atom stereocenters. The number of piperidine rings is 1. The van der Waals surface area contributed by atoms with Crippen molar-refractivity contribution in [2.24, 2.45) is 7.05 Å². The Morgan fingerprint density at radius 2 is 2.00 bits per heavy atom. The van der Waals surface area contributed by atoms with Crippen LogP contribution in [-0.2, 0) is 16.6 Å². The number of halogens is 1. The van der Waals surface area contributed by atoms with Crippen LogP contribution in [-0.4, -0.2) is 71.9 Å². The van der Waals surface area contributed by atoms with Gasteiger partial charge in [0.05, 0.1) is 11.1 Å². The summed E-state index contributed by atoms with van der Waals surface area (Å²) in [5, 5.41) is 7.69. The summed E-state index contributed by atoms with van der Waals surface area (Å²) in [7, 11) is 3.34. The van der Waals surface area contributed by atoms with Gasteiger partial charge in [0.1, 0.15) is 12.1 Å². The normalized spacial score (nSPS) is 24.3. The summed E-state index contributed by atoms with van der Waals surface area (Å²) in [4.78, 5) is 27.4. The molecule has 0 bridgehead atoms. The van der Waals surface area contributed by atoms with E-state index in [2.05, 4.69) is 15.3 Å². The maximum Gasteiger partial charge on any atom is 0.322 e. The fourth-order valence-corrected chi connectivity index (χ4v) is 6.61. The number of hydrogen-bond donors (Lipinski definition) is 1. The van der Waals surface area contributed by atoms with Gasteiger partial charge in [-0.05, 0) is 75.0 Å². The zero-order valence-corrected chi connectivity index (χ0v) is 21.5. The first-order chi connectivity index (χ1) is 17.4. The van der Waals surface area contributed by atoms with E-state index in [4.69, 9.17) is 4.74 Å². The molecule has 2 amide bonds. The van der Waals surface area contributed by atoms with Crippen molar-refractivity contribution in [3.63, 3.8) is 0 Å². The smallest absolute Gasteiger partial charge is 0.322 e. The monoisotopic (exact) mass is 499 g/mol. The average Bonchev–Trinajstić information content (AvgIpc) is 3.48. The highest BCUT2D eigenvalue weighted by molar-refractivity contribution is 6.01. The molecule has 1 aromatic heterocycles. The van der Waals surface area contributed by atoms with Crippen LogP contribution in [0.15, 0.2) is 12.1 Å². The van der Waals surface area contributed by atoms with Crippen LogP contribution in [0.1, 0.15) is 69.3 Å². The Balaban J connectivity index is 1.29. The van der Waals surface area contributed by atoms with Crippen LogP contribution in [0.3, 0.4) is 0 Å². The van der Waals surface area contributed by atoms with Crippen LogP contribution in [0.2, 0.25) is 0 Å². The third-order valence-corrected chi connectivity index (χ3v) is 8.68. The zero-order chi connectivity index (χ0) is 25.3. The predicted molar refractivity (Wildman–Crippen MR) is 137 cm³/mol. The lowest BCUT2D eigenvalue weighted by Gasteiger charge is -2.44. The minimum atomic E-state index is -0.372. The Kier molecular flexibility index (Phi) is 7.30. The molecule has 1 N–H and O–H groups in total. The maximum absolute atomic E-state index is 15.5. The van der Waals surface area contributed by atoms with E-state index < -0.39 is 0 Å². The summed E-state index contributed by atoms with van der Waals surface area (Å²) in [6.45, 7) is 3.33. The van der Waals surface area contributed by atoms with E-state index in [1.54, 1.807) is 4.68 Å². The number of fused-ring (bicyclic) bond motifs is 1. The van der Waals surface area contributed by atoms with E-state index in [-0.39, 0.29) is 36.3 Å². The topological polar surface area (TPSA) is 79.7 Å². The van der Waals surface area contributed by atoms with Crippen LogP contribution in [0.25, 0.3) is 10.9 Å². The van der Waals surface area contributed by atoms with Crippen molar-refractivity contribution in [1.29, 1.82) is 0 Å². The minimum Gasteiger partial charge on any atom is -0.375 e. The highest BCUT2D eigenvalue weighted by Crippen LogP contribution is 2.41. The molecule has 3 aliphatic rings. The van der Waals surface area contributed by atoms with Crippen molar-refractivity contribution in [2.45, 2.75) is 75.3 Å². The van der Waals surface area contributed by atoms with Gasteiger partial charge in [-0.2, -0.15) is 5.10 Å². The fourth-order valence-electron chi connectivity index (χ4n) is 6.61. The molecule has 1 saturated carbocycles. The molecule has 8 nitrogen and oxygen atoms in total. The molecular formula is C27H38FN5O3. The van der Waals surface area contributed by atoms with Gasteiger partial charge >= 0.3 is 6.03 Å². The average molecular weight is 500 g/mol. The van der Waals surface area contributed by atoms with Gasteiger partial charge in [-0.25, -0.2) is 9.18 Å². The number of urea groups is 1. The van der Waals surface area contributed by atoms with Gasteiger partial charge in [-0.1, -0.05) is 0 Å². The van der Waals surface area contributed by atoms with Crippen molar-refractivity contribution in [1.82, 2.24) is 20.0 Å². The second-order valence-corrected chi connectivity index (χ2v) is 10.7. The third kappa shape index (κ3) is 4.75. The predicted octanol–water partition coefficient (Wildman–Crippen LogP) is 4.12. The largest absolute Gasteiger partial charge is 0.375 e. The number of ether oxygens (including phenoxy) is 1. The standard InChI is InChI=1S/C27H38FN5O3/c1-29-26(35)33(12-4-15-34)25-22-17-23(28)21(18-24(22)31(2)30-25)19-5-7-20(8-6-19)32-13-10-27(11-14-32)9-3-16-36-27/h15,17-20H,3-14,16H2,1-2H3,(H,29,35). The number of rotatable bonds is 6. The molecule has 0 unspecified atom stereocenters. The number of benzene rings is 1. The van der Waals surface area contributed by atoms with E-state index >= 15 is 4.39 Å². The number of aromatic nitrogens is 2. The van der Waals surface area contributed by atoms with Crippen LogP contribution < -0.4 is 10.2 Å². The third-order valence-electron chi connectivity index (χ3n) is 8.68. The quantitative estimate of drug-likeness (QED) is 0.605. The van der Waals surface area contributed by atoms with Gasteiger partial charge < -0.3 is 19.7 Å². The summed E-state index contributed by atoms with van der Waals surface area (Å²) in [6, 6.07) is 3.63. The first-order valence-electron chi connectivity index (χ1n) is 13.4. The molecule has 2 saturated heterocycles. The van der Waals surface area contributed by atoms with Crippen molar-refractivity contribution in [3.05, 3.63) is 23.5 Å². The van der Waals surface area contributed by atoms with Crippen LogP contribution in [0, 0.1) is 5.82 Å². The van der Waals surface area contributed by atoms with Crippen molar-refractivity contribution < 1.29 is 18.7 Å². The molecule has 2 aromatic rings. The lowest BCUT2D eigenvalue weighted by Crippen LogP contribution is -2.48. The van der Waals surface area contributed by atoms with Gasteiger partial charge in [0.15, 0.2) is 5.82 Å². The summed E-state index contributed by atoms with van der Waals surface area (Å²) in [5.41, 5.74) is 1.68.